The van der Waals surface area contributed by atoms with Gasteiger partial charge in [0.15, 0.2) is 0 Å². The minimum Gasteiger partial charge on any atom is -0.496 e. The molecule has 0 aliphatic carbocycles. The van der Waals surface area contributed by atoms with Gasteiger partial charge in [-0.2, -0.15) is 8.42 Å². The molecule has 9 nitrogen and oxygen atoms in total. The molecule has 2 aromatic carbocycles. The second-order valence-electron chi connectivity index (χ2n) is 6.11. The third-order valence-electron chi connectivity index (χ3n) is 4.18. The zero-order valence-electron chi connectivity index (χ0n) is 14.7. The molecule has 0 aliphatic rings. The molecule has 2 aromatic heterocycles. The molecule has 0 spiro atoms. The number of nitrogens with one attached hydrogen (secondary N) is 2. The van der Waals surface area contributed by atoms with Gasteiger partial charge in [0.2, 0.25) is 0 Å². The van der Waals surface area contributed by atoms with E-state index in [1.807, 2.05) is 12.1 Å². The highest BCUT2D eigenvalue weighted by Gasteiger charge is 2.15. The van der Waals surface area contributed by atoms with E-state index in [1.54, 1.807) is 13.1 Å². The van der Waals surface area contributed by atoms with E-state index in [4.69, 9.17) is 8.92 Å². The smallest absolute Gasteiger partial charge is 0.326 e. The number of aromatic nitrogens is 4. The Kier molecular flexibility index (Phi) is 3.74. The Labute approximate surface area is 153 Å². The first-order valence-corrected chi connectivity index (χ1v) is 9.73. The maximum Gasteiger partial charge on any atom is 0.326 e. The van der Waals surface area contributed by atoms with Crippen LogP contribution >= 0.6 is 0 Å². The molecule has 10 heteroatoms. The van der Waals surface area contributed by atoms with Crippen LogP contribution in [0.15, 0.2) is 35.1 Å². The van der Waals surface area contributed by atoms with E-state index in [2.05, 4.69) is 15.0 Å². The number of methoxy groups -OCH3 is 1. The van der Waals surface area contributed by atoms with Crippen molar-refractivity contribution in [3.63, 3.8) is 0 Å². The topological polar surface area (TPSA) is 119 Å². The number of nitrogens with zero attached hydrogens (tertiary/aromatic N) is 2. The van der Waals surface area contributed by atoms with Gasteiger partial charge in [-0.1, -0.05) is 0 Å². The summed E-state index contributed by atoms with van der Waals surface area (Å²) in [5.74, 6) is 1.11. The van der Waals surface area contributed by atoms with Crippen molar-refractivity contribution in [2.24, 2.45) is 7.05 Å². The minimum absolute atomic E-state index is 0.150. The first kappa shape index (κ1) is 17.2. The van der Waals surface area contributed by atoms with Crippen molar-refractivity contribution < 1.29 is 17.3 Å². The highest BCUT2D eigenvalue weighted by Crippen LogP contribution is 2.33. The van der Waals surface area contributed by atoms with Crippen LogP contribution < -0.4 is 14.6 Å². The Morgan fingerprint density at radius 1 is 1.11 bits per heavy atom. The quantitative estimate of drug-likeness (QED) is 0.514. The summed E-state index contributed by atoms with van der Waals surface area (Å²) in [6, 6.07) is 8.31. The Morgan fingerprint density at radius 2 is 1.89 bits per heavy atom. The predicted molar refractivity (Wildman–Crippen MR) is 101 cm³/mol. The van der Waals surface area contributed by atoms with Gasteiger partial charge in [-0.15, -0.1) is 0 Å². The monoisotopic (exact) mass is 388 g/mol. The maximum absolute atomic E-state index is 11.7. The fourth-order valence-electron chi connectivity index (χ4n) is 2.95. The van der Waals surface area contributed by atoms with Crippen molar-refractivity contribution in [3.8, 4) is 22.9 Å². The lowest BCUT2D eigenvalue weighted by Crippen LogP contribution is -2.11. The van der Waals surface area contributed by atoms with Gasteiger partial charge in [0.05, 0.1) is 41.0 Å². The number of imidazole rings is 2. The molecule has 27 heavy (non-hydrogen) atoms. The SMILES string of the molecule is COc1cc(OS(C)(=O)=O)ccc1-c1nc2cc3c(cc2[nH]1)[nH]c(=O)n3C. The number of aryl methyl sites for hydroxylation is 1. The summed E-state index contributed by atoms with van der Waals surface area (Å²) >= 11 is 0. The number of fused-ring (bicyclic) bond motifs is 2. The Hall–Kier alpha value is -3.27. The molecule has 0 amide bonds. The number of hydrogen-bond donors (Lipinski definition) is 2. The second kappa shape index (κ2) is 5.88. The van der Waals surface area contributed by atoms with Gasteiger partial charge in [0.1, 0.15) is 17.3 Å². The molecule has 2 heterocycles. The Bertz CT molecular complexity index is 1350. The molecular formula is C17H16N4O5S. The van der Waals surface area contributed by atoms with Crippen molar-refractivity contribution in [2.45, 2.75) is 0 Å². The van der Waals surface area contributed by atoms with E-state index < -0.39 is 10.1 Å². The van der Waals surface area contributed by atoms with Crippen LogP contribution in [-0.4, -0.2) is 41.3 Å². The minimum atomic E-state index is -3.63. The van der Waals surface area contributed by atoms with Gasteiger partial charge in [-0.05, 0) is 24.3 Å². The molecule has 4 rings (SSSR count). The number of rotatable bonds is 4. The summed E-state index contributed by atoms with van der Waals surface area (Å²) < 4.78 is 34.4. The van der Waals surface area contributed by atoms with Gasteiger partial charge in [-0.3, -0.25) is 4.57 Å². The highest BCUT2D eigenvalue weighted by atomic mass is 32.2. The standard InChI is InChI=1S/C17H16N4O5S/c1-21-14-8-12-11(7-13(14)20-17(21)22)18-16(19-12)10-5-4-9(6-15(10)25-2)26-27(3,23)24/h4-8H,1-3H3,(H,18,19)(H,20,22). The van der Waals surface area contributed by atoms with Crippen LogP contribution in [-0.2, 0) is 17.2 Å². The lowest BCUT2D eigenvalue weighted by Gasteiger charge is -2.09. The van der Waals surface area contributed by atoms with Gasteiger partial charge in [0.25, 0.3) is 0 Å². The van der Waals surface area contributed by atoms with Gasteiger partial charge >= 0.3 is 15.8 Å². The summed E-state index contributed by atoms with van der Waals surface area (Å²) in [7, 11) is -0.472. The lowest BCUT2D eigenvalue weighted by atomic mass is 10.2. The lowest BCUT2D eigenvalue weighted by molar-refractivity contribution is 0.413. The molecular weight excluding hydrogens is 372 g/mol. The van der Waals surface area contributed by atoms with Crippen LogP contribution in [0.25, 0.3) is 33.5 Å². The molecule has 0 radical (unpaired) electrons. The molecule has 4 aromatic rings. The summed E-state index contributed by atoms with van der Waals surface area (Å²) in [5, 5.41) is 0. The molecule has 0 fully saturated rings. The van der Waals surface area contributed by atoms with Crippen LogP contribution in [0, 0.1) is 0 Å². The summed E-state index contributed by atoms with van der Waals surface area (Å²) in [5.41, 5.74) is 3.33. The largest absolute Gasteiger partial charge is 0.496 e. The summed E-state index contributed by atoms with van der Waals surface area (Å²) in [4.78, 5) is 22.3. The molecule has 0 unspecified atom stereocenters. The molecule has 140 valence electrons. The van der Waals surface area contributed by atoms with Crippen LogP contribution in [0.3, 0.4) is 0 Å². The molecule has 2 N–H and O–H groups in total. The van der Waals surface area contributed by atoms with Crippen LogP contribution in [0.5, 0.6) is 11.5 Å². The first-order valence-electron chi connectivity index (χ1n) is 7.91. The molecule has 0 bridgehead atoms. The average Bonchev–Trinajstić information content (AvgIpc) is 3.12. The third-order valence-corrected chi connectivity index (χ3v) is 4.68. The average molecular weight is 388 g/mol. The Morgan fingerprint density at radius 3 is 2.59 bits per heavy atom. The number of ether oxygens (including phenoxy) is 1. The van der Waals surface area contributed by atoms with Gasteiger partial charge < -0.3 is 18.9 Å². The van der Waals surface area contributed by atoms with E-state index >= 15 is 0 Å². The van der Waals surface area contributed by atoms with Crippen LogP contribution in [0.4, 0.5) is 0 Å². The van der Waals surface area contributed by atoms with Crippen molar-refractivity contribution in [1.82, 2.24) is 19.5 Å². The number of hydrogen-bond acceptors (Lipinski definition) is 6. The number of benzene rings is 2. The molecule has 0 saturated carbocycles. The maximum atomic E-state index is 11.7. The summed E-state index contributed by atoms with van der Waals surface area (Å²) in [6.07, 6.45) is 0.974. The van der Waals surface area contributed by atoms with E-state index in [9.17, 15) is 13.2 Å². The van der Waals surface area contributed by atoms with Crippen LogP contribution in [0.1, 0.15) is 0 Å². The van der Waals surface area contributed by atoms with Crippen molar-refractivity contribution in [2.75, 3.05) is 13.4 Å². The number of H-pyrrole nitrogens is 2. The number of aromatic amines is 2. The molecule has 0 saturated heterocycles. The van der Waals surface area contributed by atoms with Gasteiger partial charge in [0, 0.05) is 13.1 Å². The fourth-order valence-corrected chi connectivity index (χ4v) is 3.41. The zero-order valence-corrected chi connectivity index (χ0v) is 15.5. The molecule has 0 atom stereocenters. The zero-order chi connectivity index (χ0) is 19.3. The predicted octanol–water partition coefficient (Wildman–Crippen LogP) is 1.76. The van der Waals surface area contributed by atoms with Gasteiger partial charge in [-0.25, -0.2) is 9.78 Å². The Balaban J connectivity index is 1.83. The van der Waals surface area contributed by atoms with Crippen molar-refractivity contribution >= 4 is 32.2 Å². The van der Waals surface area contributed by atoms with E-state index in [-0.39, 0.29) is 11.4 Å². The third kappa shape index (κ3) is 3.04. The normalized spacial score (nSPS) is 12.0. The highest BCUT2D eigenvalue weighted by molar-refractivity contribution is 7.86. The van der Waals surface area contributed by atoms with E-state index in [1.165, 1.54) is 23.8 Å². The van der Waals surface area contributed by atoms with Crippen molar-refractivity contribution in [1.29, 1.82) is 0 Å². The van der Waals surface area contributed by atoms with E-state index in [0.29, 0.717) is 28.2 Å². The van der Waals surface area contributed by atoms with Crippen LogP contribution in [0.2, 0.25) is 0 Å². The van der Waals surface area contributed by atoms with E-state index in [0.717, 1.165) is 17.3 Å². The fraction of sp³-hybridized carbons (Fsp3) is 0.176. The van der Waals surface area contributed by atoms with Crippen molar-refractivity contribution in [3.05, 3.63) is 40.8 Å². The summed E-state index contributed by atoms with van der Waals surface area (Å²) in [6.45, 7) is 0. The first-order chi connectivity index (χ1) is 12.7. The second-order valence-corrected chi connectivity index (χ2v) is 7.69. The molecule has 0 aliphatic heterocycles.